The number of H-pyrrole nitrogens is 1. The van der Waals surface area contributed by atoms with E-state index in [1.807, 2.05) is 13.0 Å². The molecular weight excluding hydrogens is 219 g/mol. The molecule has 1 unspecified atom stereocenters. The molecular formula is C12H15FN4. The van der Waals surface area contributed by atoms with Gasteiger partial charge in [-0.3, -0.25) is 0 Å². The highest BCUT2D eigenvalue weighted by atomic mass is 19.1. The molecule has 1 heterocycles. The highest BCUT2D eigenvalue weighted by Crippen LogP contribution is 2.16. The summed E-state index contributed by atoms with van der Waals surface area (Å²) in [7, 11) is 0. The minimum absolute atomic E-state index is 0.0561. The third-order valence-corrected chi connectivity index (χ3v) is 2.57. The van der Waals surface area contributed by atoms with E-state index in [0.29, 0.717) is 6.42 Å². The zero-order valence-corrected chi connectivity index (χ0v) is 9.65. The molecule has 5 heteroatoms. The summed E-state index contributed by atoms with van der Waals surface area (Å²) >= 11 is 0. The monoisotopic (exact) mass is 234 g/mol. The van der Waals surface area contributed by atoms with Crippen molar-refractivity contribution in [2.24, 2.45) is 0 Å². The van der Waals surface area contributed by atoms with Crippen molar-refractivity contribution < 1.29 is 4.39 Å². The van der Waals surface area contributed by atoms with Crippen LogP contribution in [0.15, 0.2) is 30.5 Å². The van der Waals surface area contributed by atoms with E-state index in [2.05, 4.69) is 20.7 Å². The van der Waals surface area contributed by atoms with Gasteiger partial charge in [-0.25, -0.2) is 4.39 Å². The number of halogens is 1. The lowest BCUT2D eigenvalue weighted by Gasteiger charge is -2.15. The fourth-order valence-electron chi connectivity index (χ4n) is 1.81. The molecule has 0 aliphatic heterocycles. The van der Waals surface area contributed by atoms with E-state index in [4.69, 9.17) is 0 Å². The summed E-state index contributed by atoms with van der Waals surface area (Å²) in [5.41, 5.74) is 1.79. The lowest BCUT2D eigenvalue weighted by molar-refractivity contribution is 0.533. The van der Waals surface area contributed by atoms with Crippen LogP contribution in [0.25, 0.3) is 0 Å². The highest BCUT2D eigenvalue weighted by molar-refractivity contribution is 5.19. The maximum Gasteiger partial charge on any atom is 0.123 e. The van der Waals surface area contributed by atoms with Crippen molar-refractivity contribution >= 4 is 0 Å². The van der Waals surface area contributed by atoms with Crippen LogP contribution in [0.4, 0.5) is 4.39 Å². The Balaban J connectivity index is 2.13. The lowest BCUT2D eigenvalue weighted by atomic mass is 10.0. The normalized spacial score (nSPS) is 12.6. The van der Waals surface area contributed by atoms with E-state index in [1.54, 1.807) is 18.3 Å². The van der Waals surface area contributed by atoms with Crippen molar-refractivity contribution in [2.45, 2.75) is 19.4 Å². The SMILES string of the molecule is CCNC(Cc1cccc(F)c1)c1cn[nH]n1. The van der Waals surface area contributed by atoms with Crippen LogP contribution in [-0.4, -0.2) is 22.0 Å². The Labute approximate surface area is 99.2 Å². The van der Waals surface area contributed by atoms with Gasteiger partial charge in [0.05, 0.1) is 17.9 Å². The van der Waals surface area contributed by atoms with Crippen LogP contribution >= 0.6 is 0 Å². The summed E-state index contributed by atoms with van der Waals surface area (Å²) in [6.07, 6.45) is 2.38. The van der Waals surface area contributed by atoms with Crippen LogP contribution in [0.1, 0.15) is 24.2 Å². The van der Waals surface area contributed by atoms with E-state index < -0.39 is 0 Å². The summed E-state index contributed by atoms with van der Waals surface area (Å²) in [5, 5.41) is 13.8. The number of likely N-dealkylation sites (N-methyl/N-ethyl adjacent to an activating group) is 1. The summed E-state index contributed by atoms with van der Waals surface area (Å²) in [5.74, 6) is -0.210. The van der Waals surface area contributed by atoms with Crippen molar-refractivity contribution in [2.75, 3.05) is 6.54 Å². The lowest BCUT2D eigenvalue weighted by Crippen LogP contribution is -2.23. The van der Waals surface area contributed by atoms with Crippen LogP contribution in [0.5, 0.6) is 0 Å². The number of hydrogen-bond acceptors (Lipinski definition) is 3. The number of aromatic nitrogens is 3. The Bertz CT molecular complexity index is 455. The predicted octanol–water partition coefficient (Wildman–Crippen LogP) is 1.84. The minimum Gasteiger partial charge on any atom is -0.309 e. The first-order chi connectivity index (χ1) is 8.29. The van der Waals surface area contributed by atoms with E-state index in [9.17, 15) is 4.39 Å². The second-order valence-corrected chi connectivity index (χ2v) is 3.84. The van der Waals surface area contributed by atoms with Gasteiger partial charge in [0.25, 0.3) is 0 Å². The third-order valence-electron chi connectivity index (χ3n) is 2.57. The van der Waals surface area contributed by atoms with Gasteiger partial charge >= 0.3 is 0 Å². The number of aromatic amines is 1. The molecule has 0 fully saturated rings. The van der Waals surface area contributed by atoms with Gasteiger partial charge in [0.15, 0.2) is 0 Å². The number of nitrogens with zero attached hydrogens (tertiary/aromatic N) is 2. The van der Waals surface area contributed by atoms with Crippen LogP contribution in [0, 0.1) is 5.82 Å². The molecule has 0 amide bonds. The van der Waals surface area contributed by atoms with Crippen molar-refractivity contribution in [1.82, 2.24) is 20.7 Å². The molecule has 17 heavy (non-hydrogen) atoms. The number of hydrogen-bond donors (Lipinski definition) is 2. The largest absolute Gasteiger partial charge is 0.309 e. The van der Waals surface area contributed by atoms with Gasteiger partial charge in [0.1, 0.15) is 5.82 Å². The fraction of sp³-hybridized carbons (Fsp3) is 0.333. The van der Waals surface area contributed by atoms with Gasteiger partial charge in [0, 0.05) is 0 Å². The molecule has 1 aromatic heterocycles. The molecule has 2 N–H and O–H groups in total. The standard InChI is InChI=1S/C12H15FN4/c1-2-14-11(12-8-15-17-16-12)7-9-4-3-5-10(13)6-9/h3-6,8,11,14H,2,7H2,1H3,(H,15,16,17). The summed E-state index contributed by atoms with van der Waals surface area (Å²) < 4.78 is 13.1. The number of nitrogens with one attached hydrogen (secondary N) is 2. The molecule has 0 radical (unpaired) electrons. The average Bonchev–Trinajstić information content (AvgIpc) is 2.82. The van der Waals surface area contributed by atoms with Gasteiger partial charge in [-0.1, -0.05) is 19.1 Å². The highest BCUT2D eigenvalue weighted by Gasteiger charge is 2.13. The summed E-state index contributed by atoms with van der Waals surface area (Å²) in [6.45, 7) is 2.85. The van der Waals surface area contributed by atoms with Gasteiger partial charge in [-0.15, -0.1) is 0 Å². The van der Waals surface area contributed by atoms with E-state index in [-0.39, 0.29) is 11.9 Å². The molecule has 0 spiro atoms. The Kier molecular flexibility index (Phi) is 3.82. The smallest absolute Gasteiger partial charge is 0.123 e. The first kappa shape index (κ1) is 11.7. The van der Waals surface area contributed by atoms with Gasteiger partial charge < -0.3 is 5.32 Å². The summed E-state index contributed by atoms with van der Waals surface area (Å²) in [4.78, 5) is 0. The molecule has 0 saturated carbocycles. The van der Waals surface area contributed by atoms with Gasteiger partial charge in [-0.05, 0) is 30.7 Å². The van der Waals surface area contributed by atoms with Crippen molar-refractivity contribution in [3.63, 3.8) is 0 Å². The van der Waals surface area contributed by atoms with Crippen molar-refractivity contribution in [1.29, 1.82) is 0 Å². The number of rotatable bonds is 5. The fourth-order valence-corrected chi connectivity index (χ4v) is 1.81. The van der Waals surface area contributed by atoms with E-state index in [0.717, 1.165) is 17.8 Å². The van der Waals surface area contributed by atoms with E-state index in [1.165, 1.54) is 6.07 Å². The van der Waals surface area contributed by atoms with Gasteiger partial charge in [0.2, 0.25) is 0 Å². The summed E-state index contributed by atoms with van der Waals surface area (Å²) in [6, 6.07) is 6.68. The molecule has 90 valence electrons. The van der Waals surface area contributed by atoms with Crippen molar-refractivity contribution in [3.8, 4) is 0 Å². The van der Waals surface area contributed by atoms with E-state index >= 15 is 0 Å². The molecule has 0 aliphatic carbocycles. The molecule has 1 aromatic carbocycles. The Hall–Kier alpha value is -1.75. The maximum absolute atomic E-state index is 13.1. The van der Waals surface area contributed by atoms with Crippen LogP contribution < -0.4 is 5.32 Å². The first-order valence-corrected chi connectivity index (χ1v) is 5.63. The van der Waals surface area contributed by atoms with Crippen LogP contribution in [-0.2, 0) is 6.42 Å². The zero-order chi connectivity index (χ0) is 12.1. The quantitative estimate of drug-likeness (QED) is 0.830. The Morgan fingerprint density at radius 3 is 3.00 bits per heavy atom. The molecule has 1 atom stereocenters. The molecule has 2 aromatic rings. The second-order valence-electron chi connectivity index (χ2n) is 3.84. The third kappa shape index (κ3) is 3.10. The van der Waals surface area contributed by atoms with Crippen LogP contribution in [0.3, 0.4) is 0 Å². The maximum atomic E-state index is 13.1. The predicted molar refractivity (Wildman–Crippen MR) is 62.9 cm³/mol. The average molecular weight is 234 g/mol. The number of benzene rings is 1. The van der Waals surface area contributed by atoms with Crippen molar-refractivity contribution in [3.05, 3.63) is 47.5 Å². The first-order valence-electron chi connectivity index (χ1n) is 5.63. The van der Waals surface area contributed by atoms with Crippen LogP contribution in [0.2, 0.25) is 0 Å². The molecule has 0 saturated heterocycles. The molecule has 4 nitrogen and oxygen atoms in total. The Morgan fingerprint density at radius 2 is 2.35 bits per heavy atom. The van der Waals surface area contributed by atoms with Gasteiger partial charge in [-0.2, -0.15) is 15.4 Å². The second kappa shape index (κ2) is 5.54. The zero-order valence-electron chi connectivity index (χ0n) is 9.65. The topological polar surface area (TPSA) is 53.6 Å². The molecule has 0 aliphatic rings. The Morgan fingerprint density at radius 1 is 1.47 bits per heavy atom. The minimum atomic E-state index is -0.210. The molecule has 2 rings (SSSR count). The molecule has 0 bridgehead atoms.